The minimum Gasteiger partial charge on any atom is -0.489 e. The van der Waals surface area contributed by atoms with Gasteiger partial charge < -0.3 is 14.5 Å². The Labute approximate surface area is 187 Å². The predicted octanol–water partition coefficient (Wildman–Crippen LogP) is 5.50. The monoisotopic (exact) mass is 427 g/mol. The van der Waals surface area contributed by atoms with Crippen molar-refractivity contribution in [3.8, 4) is 17.2 Å². The van der Waals surface area contributed by atoms with E-state index in [0.29, 0.717) is 36.2 Å². The first-order chi connectivity index (χ1) is 15.6. The number of carbonyl (C=O) groups is 1. The molecule has 0 aliphatic rings. The molecule has 1 heterocycles. The highest BCUT2D eigenvalue weighted by Crippen LogP contribution is 2.21. The first-order valence-corrected chi connectivity index (χ1v) is 10.5. The van der Waals surface area contributed by atoms with Gasteiger partial charge in [0.15, 0.2) is 0 Å². The summed E-state index contributed by atoms with van der Waals surface area (Å²) >= 11 is 0. The summed E-state index contributed by atoms with van der Waals surface area (Å²) in [5, 5.41) is 11.0. The molecule has 32 heavy (non-hydrogen) atoms. The first-order valence-electron chi connectivity index (χ1n) is 10.5. The lowest BCUT2D eigenvalue weighted by Gasteiger charge is -2.10. The van der Waals surface area contributed by atoms with E-state index in [-0.39, 0.29) is 12.3 Å². The normalized spacial score (nSPS) is 10.7. The largest absolute Gasteiger partial charge is 0.489 e. The summed E-state index contributed by atoms with van der Waals surface area (Å²) in [5.74, 6) is 1.46. The van der Waals surface area contributed by atoms with Crippen LogP contribution >= 0.6 is 0 Å². The van der Waals surface area contributed by atoms with Gasteiger partial charge in [-0.05, 0) is 49.2 Å². The van der Waals surface area contributed by atoms with Crippen molar-refractivity contribution in [2.75, 3.05) is 5.32 Å². The molecular formula is C26H25N3O3. The maximum atomic E-state index is 12.4. The van der Waals surface area contributed by atoms with Gasteiger partial charge in [-0.3, -0.25) is 4.79 Å². The quantitative estimate of drug-likeness (QED) is 0.402. The molecule has 0 saturated carbocycles. The van der Waals surface area contributed by atoms with Crippen LogP contribution in [0.2, 0.25) is 0 Å². The zero-order valence-corrected chi connectivity index (χ0v) is 18.2. The Morgan fingerprint density at radius 3 is 2.59 bits per heavy atom. The van der Waals surface area contributed by atoms with Crippen LogP contribution in [0.5, 0.6) is 5.75 Å². The number of amides is 1. The van der Waals surface area contributed by atoms with E-state index >= 15 is 0 Å². The Kier molecular flexibility index (Phi) is 6.60. The highest BCUT2D eigenvalue weighted by molar-refractivity contribution is 5.90. The zero-order valence-electron chi connectivity index (χ0n) is 18.2. The van der Waals surface area contributed by atoms with Gasteiger partial charge in [-0.25, -0.2) is 0 Å². The van der Waals surface area contributed by atoms with Gasteiger partial charge in [0.2, 0.25) is 17.7 Å². The molecule has 0 aliphatic heterocycles. The van der Waals surface area contributed by atoms with E-state index in [9.17, 15) is 4.79 Å². The van der Waals surface area contributed by atoms with Gasteiger partial charge in [-0.15, -0.1) is 10.2 Å². The van der Waals surface area contributed by atoms with Gasteiger partial charge in [0, 0.05) is 30.2 Å². The Balaban J connectivity index is 1.29. The second-order valence-electron chi connectivity index (χ2n) is 7.66. The first kappa shape index (κ1) is 21.3. The predicted molar refractivity (Wildman–Crippen MR) is 123 cm³/mol. The maximum absolute atomic E-state index is 12.4. The van der Waals surface area contributed by atoms with E-state index in [1.807, 2.05) is 73.7 Å². The van der Waals surface area contributed by atoms with E-state index in [4.69, 9.17) is 9.15 Å². The summed E-state index contributed by atoms with van der Waals surface area (Å²) in [7, 11) is 0. The highest BCUT2D eigenvalue weighted by atomic mass is 16.5. The number of hydrogen-bond acceptors (Lipinski definition) is 5. The van der Waals surface area contributed by atoms with Gasteiger partial charge in [0.25, 0.3) is 0 Å². The summed E-state index contributed by atoms with van der Waals surface area (Å²) in [5.41, 5.74) is 5.02. The standard InChI is InChI=1S/C26H25N3O3/c1-18-10-12-20(13-11-18)26-29-28-25(32-26)15-14-24(30)27-22-8-5-9-23(16-22)31-17-21-7-4-3-6-19(21)2/h3-13,16H,14-15,17H2,1-2H3,(H,27,30). The van der Waals surface area contributed by atoms with Crippen LogP contribution in [0.4, 0.5) is 5.69 Å². The third kappa shape index (κ3) is 5.60. The number of benzene rings is 3. The fourth-order valence-electron chi connectivity index (χ4n) is 3.21. The maximum Gasteiger partial charge on any atom is 0.247 e. The lowest BCUT2D eigenvalue weighted by Crippen LogP contribution is -2.12. The van der Waals surface area contributed by atoms with Gasteiger partial charge in [-0.1, -0.05) is 48.0 Å². The van der Waals surface area contributed by atoms with Crippen molar-refractivity contribution in [2.24, 2.45) is 0 Å². The molecule has 1 aromatic heterocycles. The molecule has 6 nitrogen and oxygen atoms in total. The molecule has 162 valence electrons. The second kappa shape index (κ2) is 9.92. The lowest BCUT2D eigenvalue weighted by molar-refractivity contribution is -0.116. The molecule has 0 unspecified atom stereocenters. The Bertz CT molecular complexity index is 1200. The van der Waals surface area contributed by atoms with Crippen molar-refractivity contribution in [1.29, 1.82) is 0 Å². The van der Waals surface area contributed by atoms with Crippen molar-refractivity contribution in [3.63, 3.8) is 0 Å². The van der Waals surface area contributed by atoms with E-state index in [0.717, 1.165) is 16.7 Å². The summed E-state index contributed by atoms with van der Waals surface area (Å²) in [6.45, 7) is 4.56. The van der Waals surface area contributed by atoms with Crippen LogP contribution in [-0.2, 0) is 17.8 Å². The number of ether oxygens (including phenoxy) is 1. The van der Waals surface area contributed by atoms with E-state index in [2.05, 4.69) is 28.5 Å². The fraction of sp³-hybridized carbons (Fsp3) is 0.192. The molecule has 1 N–H and O–H groups in total. The average Bonchev–Trinajstić information content (AvgIpc) is 3.27. The number of rotatable bonds is 8. The average molecular weight is 428 g/mol. The van der Waals surface area contributed by atoms with Crippen molar-refractivity contribution in [2.45, 2.75) is 33.3 Å². The number of anilines is 1. The number of nitrogens with zero attached hydrogens (tertiary/aromatic N) is 2. The second-order valence-corrected chi connectivity index (χ2v) is 7.66. The zero-order chi connectivity index (χ0) is 22.3. The van der Waals surface area contributed by atoms with Gasteiger partial charge in [0.1, 0.15) is 12.4 Å². The molecule has 0 aliphatic carbocycles. The molecule has 0 atom stereocenters. The molecule has 4 aromatic rings. The fourth-order valence-corrected chi connectivity index (χ4v) is 3.21. The number of carbonyl (C=O) groups excluding carboxylic acids is 1. The molecular weight excluding hydrogens is 402 g/mol. The van der Waals surface area contributed by atoms with E-state index in [1.54, 1.807) is 0 Å². The summed E-state index contributed by atoms with van der Waals surface area (Å²) < 4.78 is 11.6. The summed E-state index contributed by atoms with van der Waals surface area (Å²) in [6.07, 6.45) is 0.609. The van der Waals surface area contributed by atoms with Crippen LogP contribution in [0.3, 0.4) is 0 Å². The SMILES string of the molecule is Cc1ccc(-c2nnc(CCC(=O)Nc3cccc(OCc4ccccc4C)c3)o2)cc1. The Morgan fingerprint density at radius 1 is 0.969 bits per heavy atom. The third-order valence-corrected chi connectivity index (χ3v) is 5.10. The Morgan fingerprint density at radius 2 is 1.78 bits per heavy atom. The summed E-state index contributed by atoms with van der Waals surface area (Å²) in [4.78, 5) is 12.4. The third-order valence-electron chi connectivity index (χ3n) is 5.10. The molecule has 0 bridgehead atoms. The smallest absolute Gasteiger partial charge is 0.247 e. The van der Waals surface area contributed by atoms with Crippen molar-refractivity contribution < 1.29 is 13.9 Å². The van der Waals surface area contributed by atoms with Gasteiger partial charge >= 0.3 is 0 Å². The van der Waals surface area contributed by atoms with Crippen LogP contribution in [0, 0.1) is 13.8 Å². The van der Waals surface area contributed by atoms with Crippen molar-refractivity contribution >= 4 is 11.6 Å². The molecule has 4 rings (SSSR count). The molecule has 0 saturated heterocycles. The van der Waals surface area contributed by atoms with Crippen LogP contribution in [0.25, 0.3) is 11.5 Å². The molecule has 3 aromatic carbocycles. The minimum absolute atomic E-state index is 0.129. The van der Waals surface area contributed by atoms with Crippen molar-refractivity contribution in [3.05, 3.63) is 95.4 Å². The van der Waals surface area contributed by atoms with Crippen LogP contribution in [0.15, 0.2) is 77.2 Å². The number of hydrogen-bond donors (Lipinski definition) is 1. The molecule has 0 radical (unpaired) electrons. The van der Waals surface area contributed by atoms with Crippen LogP contribution in [-0.4, -0.2) is 16.1 Å². The molecule has 6 heteroatoms. The number of aromatic nitrogens is 2. The molecule has 0 spiro atoms. The molecule has 1 amide bonds. The van der Waals surface area contributed by atoms with Gasteiger partial charge in [-0.2, -0.15) is 0 Å². The van der Waals surface area contributed by atoms with E-state index < -0.39 is 0 Å². The number of aryl methyl sites for hydroxylation is 3. The minimum atomic E-state index is -0.129. The van der Waals surface area contributed by atoms with Crippen molar-refractivity contribution in [1.82, 2.24) is 10.2 Å². The topological polar surface area (TPSA) is 77.2 Å². The lowest BCUT2D eigenvalue weighted by atomic mass is 10.1. The highest BCUT2D eigenvalue weighted by Gasteiger charge is 2.11. The number of nitrogens with one attached hydrogen (secondary N) is 1. The van der Waals surface area contributed by atoms with E-state index in [1.165, 1.54) is 5.56 Å². The Hall–Kier alpha value is -3.93. The summed E-state index contributed by atoms with van der Waals surface area (Å²) in [6, 6.07) is 23.3. The van der Waals surface area contributed by atoms with Crippen LogP contribution < -0.4 is 10.1 Å². The van der Waals surface area contributed by atoms with Gasteiger partial charge in [0.05, 0.1) is 0 Å². The van der Waals surface area contributed by atoms with Crippen LogP contribution in [0.1, 0.15) is 29.0 Å². The molecule has 0 fully saturated rings.